The number of hydrogen-bond donors (Lipinski definition) is 1. The zero-order valence-electron chi connectivity index (χ0n) is 10.4. The molecule has 0 saturated heterocycles. The van der Waals surface area contributed by atoms with Crippen LogP contribution in [0.5, 0.6) is 0 Å². The second kappa shape index (κ2) is 5.42. The van der Waals surface area contributed by atoms with E-state index in [-0.39, 0.29) is 10.6 Å². The molecule has 0 aromatic heterocycles. The van der Waals surface area contributed by atoms with Gasteiger partial charge in [-0.25, -0.2) is 0 Å². The topological polar surface area (TPSA) is 55.2 Å². The number of rotatable bonds is 6. The molecule has 98 valence electrons. The molecule has 1 saturated carbocycles. The Bertz CT molecular complexity index is 458. The van der Waals surface area contributed by atoms with Gasteiger partial charge in [-0.2, -0.15) is 0 Å². The van der Waals surface area contributed by atoms with Crippen molar-refractivity contribution in [2.24, 2.45) is 5.41 Å². The lowest BCUT2D eigenvalue weighted by molar-refractivity contribution is -0.385. The molecule has 1 aromatic carbocycles. The van der Waals surface area contributed by atoms with Crippen molar-refractivity contribution in [2.45, 2.75) is 32.6 Å². The number of nitrogens with zero attached hydrogens (tertiary/aromatic N) is 1. The predicted molar refractivity (Wildman–Crippen MR) is 80.9 cm³/mol. The first-order valence-electron chi connectivity index (χ1n) is 6.24. The smallest absolute Gasteiger partial charge is 0.282 e. The summed E-state index contributed by atoms with van der Waals surface area (Å²) in [5.41, 5.74) is 1.64. The van der Waals surface area contributed by atoms with Crippen LogP contribution in [0.1, 0.15) is 32.6 Å². The van der Waals surface area contributed by atoms with Gasteiger partial charge in [-0.1, -0.05) is 13.3 Å². The third-order valence-corrected chi connectivity index (χ3v) is 4.41. The molecule has 0 aliphatic heterocycles. The van der Waals surface area contributed by atoms with Gasteiger partial charge in [0.2, 0.25) is 0 Å². The summed E-state index contributed by atoms with van der Waals surface area (Å²) in [7, 11) is 0. The van der Waals surface area contributed by atoms with E-state index in [0.29, 0.717) is 8.99 Å². The van der Waals surface area contributed by atoms with E-state index in [1.54, 1.807) is 12.1 Å². The summed E-state index contributed by atoms with van der Waals surface area (Å²) >= 11 is 2.01. The molecule has 18 heavy (non-hydrogen) atoms. The lowest BCUT2D eigenvalue weighted by Gasteiger charge is -2.16. The van der Waals surface area contributed by atoms with E-state index in [2.05, 4.69) is 12.2 Å². The Morgan fingerprint density at radius 2 is 2.22 bits per heavy atom. The van der Waals surface area contributed by atoms with E-state index in [4.69, 9.17) is 0 Å². The summed E-state index contributed by atoms with van der Waals surface area (Å²) in [4.78, 5) is 10.4. The summed E-state index contributed by atoms with van der Waals surface area (Å²) in [6.45, 7) is 3.20. The lowest BCUT2D eigenvalue weighted by atomic mass is 10.0. The molecule has 0 bridgehead atoms. The summed E-state index contributed by atoms with van der Waals surface area (Å²) in [5.74, 6) is 0. The maximum Gasteiger partial charge on any atom is 0.282 e. The SMILES string of the molecule is CCCC1(CNc2ccc([N+](=O)[O-])c(I)c2)CC1. The van der Waals surface area contributed by atoms with E-state index in [1.165, 1.54) is 25.7 Å². The summed E-state index contributed by atoms with van der Waals surface area (Å²) < 4.78 is 0.683. The van der Waals surface area contributed by atoms with Crippen LogP contribution in [0, 0.1) is 19.1 Å². The van der Waals surface area contributed by atoms with Crippen molar-refractivity contribution >= 4 is 34.0 Å². The van der Waals surface area contributed by atoms with Gasteiger partial charge in [0.1, 0.15) is 0 Å². The van der Waals surface area contributed by atoms with Crippen LogP contribution in [0.25, 0.3) is 0 Å². The highest BCUT2D eigenvalue weighted by Gasteiger charge is 2.41. The van der Waals surface area contributed by atoms with Crippen molar-refractivity contribution in [3.8, 4) is 0 Å². The minimum atomic E-state index is -0.342. The van der Waals surface area contributed by atoms with Crippen LogP contribution in [0.3, 0.4) is 0 Å². The zero-order chi connectivity index (χ0) is 13.2. The van der Waals surface area contributed by atoms with Crippen molar-refractivity contribution in [3.05, 3.63) is 31.9 Å². The Hall–Kier alpha value is -0.850. The van der Waals surface area contributed by atoms with Crippen LogP contribution >= 0.6 is 22.6 Å². The highest BCUT2D eigenvalue weighted by atomic mass is 127. The number of nitro groups is 1. The third-order valence-electron chi connectivity index (χ3n) is 3.55. The van der Waals surface area contributed by atoms with Gasteiger partial charge >= 0.3 is 0 Å². The molecule has 4 nitrogen and oxygen atoms in total. The van der Waals surface area contributed by atoms with Gasteiger partial charge in [0.15, 0.2) is 0 Å². The van der Waals surface area contributed by atoms with Crippen molar-refractivity contribution in [1.29, 1.82) is 0 Å². The number of halogens is 1. The Kier molecular flexibility index (Phi) is 4.09. The highest BCUT2D eigenvalue weighted by Crippen LogP contribution is 2.49. The first-order chi connectivity index (χ1) is 8.56. The van der Waals surface area contributed by atoms with E-state index in [0.717, 1.165) is 12.2 Å². The number of benzene rings is 1. The number of nitro benzene ring substituents is 1. The number of anilines is 1. The molecule has 1 N–H and O–H groups in total. The molecule has 1 aliphatic carbocycles. The van der Waals surface area contributed by atoms with Gasteiger partial charge in [-0.05, 0) is 59.4 Å². The van der Waals surface area contributed by atoms with Crippen LogP contribution in [0.2, 0.25) is 0 Å². The normalized spacial score (nSPS) is 16.3. The first kappa shape index (κ1) is 13.6. The minimum absolute atomic E-state index is 0.177. The number of nitrogens with one attached hydrogen (secondary N) is 1. The van der Waals surface area contributed by atoms with Crippen molar-refractivity contribution in [2.75, 3.05) is 11.9 Å². The molecule has 1 fully saturated rings. The molecule has 1 aliphatic rings. The monoisotopic (exact) mass is 360 g/mol. The fourth-order valence-corrected chi connectivity index (χ4v) is 2.99. The minimum Gasteiger partial charge on any atom is -0.384 e. The molecule has 2 rings (SSSR count). The van der Waals surface area contributed by atoms with Crippen LogP contribution < -0.4 is 5.32 Å². The van der Waals surface area contributed by atoms with E-state index < -0.39 is 0 Å². The van der Waals surface area contributed by atoms with E-state index in [1.807, 2.05) is 28.7 Å². The van der Waals surface area contributed by atoms with Crippen LogP contribution in [0.4, 0.5) is 11.4 Å². The molecule has 5 heteroatoms. The van der Waals surface area contributed by atoms with Crippen molar-refractivity contribution < 1.29 is 4.92 Å². The standard InChI is InChI=1S/C13H17IN2O2/c1-2-5-13(6-7-13)9-15-10-3-4-12(16(17)18)11(14)8-10/h3-4,8,15H,2,5-7,9H2,1H3. The average Bonchev–Trinajstić information content (AvgIpc) is 3.07. The Morgan fingerprint density at radius 1 is 1.50 bits per heavy atom. The van der Waals surface area contributed by atoms with Gasteiger partial charge in [-0.3, -0.25) is 10.1 Å². The van der Waals surface area contributed by atoms with Crippen LogP contribution in [0.15, 0.2) is 18.2 Å². The quantitative estimate of drug-likeness (QED) is 0.470. The predicted octanol–water partition coefficient (Wildman–Crippen LogP) is 4.19. The highest BCUT2D eigenvalue weighted by molar-refractivity contribution is 14.1. The molecule has 0 heterocycles. The molecule has 0 atom stereocenters. The molecule has 0 radical (unpaired) electrons. The van der Waals surface area contributed by atoms with E-state index >= 15 is 0 Å². The van der Waals surface area contributed by atoms with Gasteiger partial charge in [0.25, 0.3) is 5.69 Å². The van der Waals surface area contributed by atoms with Crippen molar-refractivity contribution in [1.82, 2.24) is 0 Å². The molecule has 0 spiro atoms. The third kappa shape index (κ3) is 3.13. The van der Waals surface area contributed by atoms with Crippen LogP contribution in [-0.2, 0) is 0 Å². The first-order valence-corrected chi connectivity index (χ1v) is 7.32. The summed E-state index contributed by atoms with van der Waals surface area (Å²) in [5, 5.41) is 14.1. The molecule has 0 unspecified atom stereocenters. The molecule has 1 aromatic rings. The fourth-order valence-electron chi connectivity index (χ4n) is 2.28. The Labute approximate surface area is 120 Å². The lowest BCUT2D eigenvalue weighted by Crippen LogP contribution is -2.15. The van der Waals surface area contributed by atoms with Crippen molar-refractivity contribution in [3.63, 3.8) is 0 Å². The Morgan fingerprint density at radius 3 is 2.72 bits per heavy atom. The largest absolute Gasteiger partial charge is 0.384 e. The fraction of sp³-hybridized carbons (Fsp3) is 0.538. The van der Waals surface area contributed by atoms with Gasteiger partial charge in [-0.15, -0.1) is 0 Å². The van der Waals surface area contributed by atoms with Gasteiger partial charge in [0.05, 0.1) is 8.49 Å². The second-order valence-electron chi connectivity index (χ2n) is 5.03. The van der Waals surface area contributed by atoms with Gasteiger partial charge in [0, 0.05) is 18.3 Å². The summed E-state index contributed by atoms with van der Waals surface area (Å²) in [6, 6.07) is 5.21. The second-order valence-corrected chi connectivity index (χ2v) is 6.19. The van der Waals surface area contributed by atoms with E-state index in [9.17, 15) is 10.1 Å². The zero-order valence-corrected chi connectivity index (χ0v) is 12.6. The molecular formula is C13H17IN2O2. The summed E-state index contributed by atoms with van der Waals surface area (Å²) in [6.07, 6.45) is 5.10. The number of hydrogen-bond acceptors (Lipinski definition) is 3. The maximum absolute atomic E-state index is 10.7. The Balaban J connectivity index is 1.98. The van der Waals surface area contributed by atoms with Gasteiger partial charge < -0.3 is 5.32 Å². The average molecular weight is 360 g/mol. The molecular weight excluding hydrogens is 343 g/mol. The van der Waals surface area contributed by atoms with Crippen LogP contribution in [-0.4, -0.2) is 11.5 Å². The molecule has 0 amide bonds. The maximum atomic E-state index is 10.7.